The summed E-state index contributed by atoms with van der Waals surface area (Å²) in [6, 6.07) is 7.13. The second-order valence-electron chi connectivity index (χ2n) is 2.63. The Bertz CT molecular complexity index is 421. The number of esters is 1. The molecule has 1 rings (SSSR count). The zero-order chi connectivity index (χ0) is 11.1. The maximum atomic E-state index is 10.7. The number of carbonyl (C=O) groups is 1. The van der Waals surface area contributed by atoms with E-state index in [1.165, 1.54) is 19.3 Å². The minimum atomic E-state index is -0.416. The van der Waals surface area contributed by atoms with Gasteiger partial charge in [-0.15, -0.1) is 0 Å². The molecule has 0 N–H and O–H groups in total. The van der Waals surface area contributed by atoms with Crippen molar-refractivity contribution in [3.8, 4) is 11.8 Å². The highest BCUT2D eigenvalue weighted by Crippen LogP contribution is 2.08. The quantitative estimate of drug-likeness (QED) is 0.413. The van der Waals surface area contributed by atoms with Crippen LogP contribution >= 0.6 is 11.6 Å². The zero-order valence-corrected chi connectivity index (χ0v) is 8.91. The first-order chi connectivity index (χ1) is 7.22. The number of benzene rings is 1. The summed E-state index contributed by atoms with van der Waals surface area (Å²) in [5.41, 5.74) is 0.842. The molecule has 0 aliphatic rings. The Labute approximate surface area is 93.5 Å². The highest BCUT2D eigenvalue weighted by atomic mass is 35.5. The van der Waals surface area contributed by atoms with E-state index in [1.807, 2.05) is 0 Å². The predicted octanol–water partition coefficient (Wildman–Crippen LogP) is 2.42. The summed E-state index contributed by atoms with van der Waals surface area (Å²) in [6.07, 6.45) is 2.71. The number of hydrogen-bond donors (Lipinski definition) is 0. The van der Waals surface area contributed by atoms with Gasteiger partial charge in [0.1, 0.15) is 0 Å². The van der Waals surface area contributed by atoms with Crippen LogP contribution in [0.4, 0.5) is 0 Å². The van der Waals surface area contributed by atoms with E-state index in [9.17, 15) is 4.79 Å². The first-order valence-corrected chi connectivity index (χ1v) is 4.62. The predicted molar refractivity (Wildman–Crippen MR) is 59.5 cm³/mol. The van der Waals surface area contributed by atoms with Crippen LogP contribution in [0.5, 0.6) is 0 Å². The van der Waals surface area contributed by atoms with Gasteiger partial charge in [0.25, 0.3) is 0 Å². The summed E-state index contributed by atoms with van der Waals surface area (Å²) < 4.78 is 4.41. The van der Waals surface area contributed by atoms with Crippen LogP contribution in [-0.4, -0.2) is 13.1 Å². The number of carbonyl (C=O) groups excluding carboxylic acids is 1. The van der Waals surface area contributed by atoms with Crippen LogP contribution in [0, 0.1) is 11.8 Å². The lowest BCUT2D eigenvalue weighted by Gasteiger charge is -1.89. The van der Waals surface area contributed by atoms with Crippen molar-refractivity contribution in [3.05, 3.63) is 47.0 Å². The maximum Gasteiger partial charge on any atom is 0.331 e. The molecule has 0 bridgehead atoms. The lowest BCUT2D eigenvalue weighted by molar-refractivity contribution is -0.134. The first kappa shape index (κ1) is 11.4. The molecule has 0 aromatic heterocycles. The molecular formula is C12H9ClO2. The van der Waals surface area contributed by atoms with Crippen molar-refractivity contribution in [2.75, 3.05) is 7.11 Å². The van der Waals surface area contributed by atoms with Crippen molar-refractivity contribution in [2.24, 2.45) is 0 Å². The molecule has 0 aliphatic heterocycles. The second-order valence-corrected chi connectivity index (χ2v) is 3.07. The van der Waals surface area contributed by atoms with Gasteiger partial charge in [0, 0.05) is 16.7 Å². The van der Waals surface area contributed by atoms with Crippen LogP contribution < -0.4 is 0 Å². The van der Waals surface area contributed by atoms with Gasteiger partial charge in [0.2, 0.25) is 0 Å². The zero-order valence-electron chi connectivity index (χ0n) is 8.16. The molecule has 0 saturated carbocycles. The van der Waals surface area contributed by atoms with E-state index in [4.69, 9.17) is 11.6 Å². The fraction of sp³-hybridized carbons (Fsp3) is 0.0833. The van der Waals surface area contributed by atoms with Gasteiger partial charge in [-0.1, -0.05) is 23.4 Å². The van der Waals surface area contributed by atoms with Crippen molar-refractivity contribution >= 4 is 17.6 Å². The lowest BCUT2D eigenvalue weighted by Crippen LogP contribution is -1.92. The largest absolute Gasteiger partial charge is 0.466 e. The first-order valence-electron chi connectivity index (χ1n) is 4.24. The molecule has 2 nitrogen and oxygen atoms in total. The maximum absolute atomic E-state index is 10.7. The van der Waals surface area contributed by atoms with E-state index < -0.39 is 5.97 Å². The van der Waals surface area contributed by atoms with E-state index in [0.29, 0.717) is 5.02 Å². The molecule has 0 spiro atoms. The summed E-state index contributed by atoms with van der Waals surface area (Å²) in [4.78, 5) is 10.7. The summed E-state index contributed by atoms with van der Waals surface area (Å²) in [6.45, 7) is 0. The van der Waals surface area contributed by atoms with Crippen LogP contribution in [0.15, 0.2) is 36.4 Å². The van der Waals surface area contributed by atoms with Gasteiger partial charge in [-0.25, -0.2) is 4.79 Å². The van der Waals surface area contributed by atoms with E-state index in [0.717, 1.165) is 5.56 Å². The molecule has 0 radical (unpaired) electrons. The lowest BCUT2D eigenvalue weighted by atomic mass is 10.2. The van der Waals surface area contributed by atoms with Crippen molar-refractivity contribution in [1.82, 2.24) is 0 Å². The summed E-state index contributed by atoms with van der Waals surface area (Å²) in [7, 11) is 1.32. The molecule has 3 heteroatoms. The average Bonchev–Trinajstić information content (AvgIpc) is 2.26. The van der Waals surface area contributed by atoms with Crippen molar-refractivity contribution in [2.45, 2.75) is 0 Å². The molecular weight excluding hydrogens is 212 g/mol. The van der Waals surface area contributed by atoms with Crippen molar-refractivity contribution < 1.29 is 9.53 Å². The number of allylic oxidation sites excluding steroid dienone is 1. The van der Waals surface area contributed by atoms with Gasteiger partial charge < -0.3 is 4.74 Å². The third-order valence-corrected chi connectivity index (χ3v) is 1.82. The van der Waals surface area contributed by atoms with Crippen LogP contribution in [0.3, 0.4) is 0 Å². The smallest absolute Gasteiger partial charge is 0.331 e. The normalized spacial score (nSPS) is 9.47. The number of methoxy groups -OCH3 is 1. The molecule has 0 amide bonds. The SMILES string of the molecule is COC(=O)/C=C/C#Cc1ccc(Cl)cc1. The highest BCUT2D eigenvalue weighted by Gasteiger charge is 1.88. The van der Waals surface area contributed by atoms with Gasteiger partial charge >= 0.3 is 5.97 Å². The molecule has 0 unspecified atom stereocenters. The van der Waals surface area contributed by atoms with Gasteiger partial charge in [0.05, 0.1) is 7.11 Å². The topological polar surface area (TPSA) is 26.3 Å². The Morgan fingerprint density at radius 2 is 2.07 bits per heavy atom. The van der Waals surface area contributed by atoms with Crippen molar-refractivity contribution in [1.29, 1.82) is 0 Å². The van der Waals surface area contributed by atoms with Crippen molar-refractivity contribution in [3.63, 3.8) is 0 Å². The number of ether oxygens (including phenoxy) is 1. The molecule has 0 atom stereocenters. The Kier molecular flexibility index (Phi) is 4.46. The highest BCUT2D eigenvalue weighted by molar-refractivity contribution is 6.30. The van der Waals surface area contributed by atoms with E-state index in [2.05, 4.69) is 16.6 Å². The van der Waals surface area contributed by atoms with Crippen LogP contribution in [0.1, 0.15) is 5.56 Å². The molecule has 76 valence electrons. The molecule has 1 aromatic carbocycles. The molecule has 0 aliphatic carbocycles. The summed E-state index contributed by atoms with van der Waals surface area (Å²) in [5, 5.41) is 0.672. The molecule has 0 fully saturated rings. The minimum absolute atomic E-state index is 0.416. The minimum Gasteiger partial charge on any atom is -0.466 e. The number of halogens is 1. The van der Waals surface area contributed by atoms with E-state index in [-0.39, 0.29) is 0 Å². The van der Waals surface area contributed by atoms with Gasteiger partial charge in [-0.05, 0) is 30.3 Å². The van der Waals surface area contributed by atoms with Gasteiger partial charge in [-0.3, -0.25) is 0 Å². The second kappa shape index (κ2) is 5.90. The monoisotopic (exact) mass is 220 g/mol. The van der Waals surface area contributed by atoms with Gasteiger partial charge in [0.15, 0.2) is 0 Å². The summed E-state index contributed by atoms with van der Waals surface area (Å²) in [5.74, 6) is 5.14. The van der Waals surface area contributed by atoms with E-state index in [1.54, 1.807) is 24.3 Å². The molecule has 15 heavy (non-hydrogen) atoms. The fourth-order valence-electron chi connectivity index (χ4n) is 0.836. The third kappa shape index (κ3) is 4.35. The van der Waals surface area contributed by atoms with Crippen LogP contribution in [-0.2, 0) is 9.53 Å². The number of hydrogen-bond acceptors (Lipinski definition) is 2. The van der Waals surface area contributed by atoms with E-state index >= 15 is 0 Å². The Hall–Kier alpha value is -1.72. The third-order valence-electron chi connectivity index (χ3n) is 1.56. The van der Waals surface area contributed by atoms with Gasteiger partial charge in [-0.2, -0.15) is 0 Å². The summed E-state index contributed by atoms with van der Waals surface area (Å²) >= 11 is 5.71. The van der Waals surface area contributed by atoms with Crippen LogP contribution in [0.25, 0.3) is 0 Å². The number of rotatable bonds is 1. The Balaban J connectivity index is 2.62. The Morgan fingerprint density at radius 1 is 1.40 bits per heavy atom. The molecule has 1 aromatic rings. The fourth-order valence-corrected chi connectivity index (χ4v) is 0.962. The standard InChI is InChI=1S/C12H9ClO2/c1-15-12(14)5-3-2-4-10-6-8-11(13)9-7-10/h3,5-9H,1H3/b5-3+. The molecule has 0 saturated heterocycles. The van der Waals surface area contributed by atoms with Crippen LogP contribution in [0.2, 0.25) is 5.02 Å². The molecule has 0 heterocycles. The Morgan fingerprint density at radius 3 is 2.67 bits per heavy atom. The average molecular weight is 221 g/mol.